The van der Waals surface area contributed by atoms with Crippen molar-refractivity contribution in [3.63, 3.8) is 0 Å². The Balaban J connectivity index is 1.37. The Hall–Kier alpha value is -3.65. The highest BCUT2D eigenvalue weighted by molar-refractivity contribution is 6.37. The molecule has 5 rings (SSSR count). The number of amides is 5. The van der Waals surface area contributed by atoms with E-state index in [1.807, 2.05) is 13.8 Å². The van der Waals surface area contributed by atoms with E-state index >= 15 is 0 Å². The number of ether oxygens (including phenoxy) is 1. The summed E-state index contributed by atoms with van der Waals surface area (Å²) in [6.45, 7) is 8.99. The zero-order valence-corrected chi connectivity index (χ0v) is 26.2. The van der Waals surface area contributed by atoms with Crippen LogP contribution in [0.25, 0.3) is 0 Å². The number of nitrogens with one attached hydrogen (secondary N) is 3. The smallest absolute Gasteiger partial charge is 0.396 e. The molecule has 1 saturated heterocycles. The van der Waals surface area contributed by atoms with Crippen molar-refractivity contribution in [2.75, 3.05) is 13.2 Å². The maximum absolute atomic E-state index is 14.5. The van der Waals surface area contributed by atoms with Gasteiger partial charge in [-0.25, -0.2) is 9.59 Å². The molecule has 0 bridgehead atoms. The van der Waals surface area contributed by atoms with Gasteiger partial charge < -0.3 is 31.3 Å². The lowest BCUT2D eigenvalue weighted by molar-refractivity contribution is -0.199. The van der Waals surface area contributed by atoms with Crippen LogP contribution >= 0.6 is 0 Å². The number of rotatable bonds is 14. The summed E-state index contributed by atoms with van der Waals surface area (Å²) in [5.74, 6) is -5.21. The van der Waals surface area contributed by atoms with Gasteiger partial charge in [-0.15, -0.1) is 0 Å². The van der Waals surface area contributed by atoms with E-state index in [0.29, 0.717) is 0 Å². The van der Waals surface area contributed by atoms with E-state index in [0.717, 1.165) is 30.6 Å². The molecule has 46 heavy (non-hydrogen) atoms. The molecule has 4 saturated carbocycles. The normalized spacial score (nSPS) is 27.3. The minimum Gasteiger partial charge on any atom is -0.464 e. The first-order valence-corrected chi connectivity index (χ1v) is 15.8. The summed E-state index contributed by atoms with van der Waals surface area (Å²) in [6.07, 6.45) is -2.13. The predicted molar refractivity (Wildman–Crippen MR) is 155 cm³/mol. The van der Waals surface area contributed by atoms with Crippen LogP contribution in [-0.4, -0.2) is 83.9 Å². The Morgan fingerprint density at radius 1 is 1.00 bits per heavy atom. The quantitative estimate of drug-likeness (QED) is 0.125. The van der Waals surface area contributed by atoms with Gasteiger partial charge in [-0.3, -0.25) is 19.2 Å². The number of nitrogens with two attached hydrogens (primary N) is 1. The molecule has 0 radical (unpaired) electrons. The van der Waals surface area contributed by atoms with E-state index in [-0.39, 0.29) is 42.9 Å². The SMILES string of the molecule is C=C(C)[C@H](NC(=O)N[C@H](C(=O)N1C[C@H]2[C@@H]([C@H]1C(=O)NC(CC1CC1)C(=O)C(N)=O)C2(C)C)C1(C(F)(F)F)CC1)C(=O)OCC1CC1. The molecule has 1 unspecified atom stereocenters. The maximum atomic E-state index is 14.5. The number of carbonyl (C=O) groups is 6. The zero-order chi connectivity index (χ0) is 33.9. The second-order valence-corrected chi connectivity index (χ2v) is 14.4. The number of piperidine rings is 1. The number of halogens is 3. The van der Waals surface area contributed by atoms with Gasteiger partial charge in [0.15, 0.2) is 0 Å². The first-order valence-electron chi connectivity index (χ1n) is 15.8. The summed E-state index contributed by atoms with van der Waals surface area (Å²) in [5.41, 5.74) is 2.39. The summed E-state index contributed by atoms with van der Waals surface area (Å²) >= 11 is 0. The Bertz CT molecular complexity index is 1340. The van der Waals surface area contributed by atoms with Crippen LogP contribution in [0.2, 0.25) is 0 Å². The number of fused-ring (bicyclic) bond motifs is 1. The topological polar surface area (TPSA) is 177 Å². The van der Waals surface area contributed by atoms with Crippen molar-refractivity contribution in [1.29, 1.82) is 0 Å². The second kappa shape index (κ2) is 11.9. The fourth-order valence-electron chi connectivity index (χ4n) is 6.89. The summed E-state index contributed by atoms with van der Waals surface area (Å²) in [7, 11) is 0. The first-order chi connectivity index (χ1) is 21.4. The highest BCUT2D eigenvalue weighted by atomic mass is 19.4. The number of nitrogens with zero attached hydrogens (tertiary/aromatic N) is 1. The molecule has 254 valence electrons. The van der Waals surface area contributed by atoms with E-state index in [2.05, 4.69) is 22.5 Å². The number of likely N-dealkylation sites (tertiary alicyclic amines) is 1. The number of carbonyl (C=O) groups excluding carboxylic acids is 6. The molecule has 5 fully saturated rings. The standard InChI is InChI=1S/C31H42F3N5O7/c1-14(2)20(27(44)46-13-16-7-8-16)37-28(45)38-23(30(9-10-30)31(32,33)34)26(43)39-12-17-19(29(17,3)4)21(39)25(42)36-18(11-15-5-6-15)22(40)24(35)41/h15-21,23H,1,5-13H2,2-4H3,(H2,35,41)(H,36,42)(H2,37,38,45)/t17-,18?,19-,20-,21-,23+/m0/s1. The molecule has 5 amide bonds. The van der Waals surface area contributed by atoms with Crippen LogP contribution in [0.1, 0.15) is 65.7 Å². The van der Waals surface area contributed by atoms with E-state index in [9.17, 15) is 41.9 Å². The third-order valence-electron chi connectivity index (χ3n) is 10.5. The van der Waals surface area contributed by atoms with Gasteiger partial charge in [-0.05, 0) is 73.7 Å². The summed E-state index contributed by atoms with van der Waals surface area (Å²) in [4.78, 5) is 79.0. The molecule has 5 N–H and O–H groups in total. The third kappa shape index (κ3) is 6.59. The van der Waals surface area contributed by atoms with Gasteiger partial charge in [-0.1, -0.05) is 33.3 Å². The lowest BCUT2D eigenvalue weighted by atomic mass is 9.92. The van der Waals surface area contributed by atoms with E-state index < -0.39 is 95.4 Å². The fourth-order valence-corrected chi connectivity index (χ4v) is 6.89. The lowest BCUT2D eigenvalue weighted by Crippen LogP contribution is -2.63. The van der Waals surface area contributed by atoms with Crippen LogP contribution in [0.4, 0.5) is 18.0 Å². The Labute approximate surface area is 264 Å². The van der Waals surface area contributed by atoms with E-state index in [1.54, 1.807) is 0 Å². The van der Waals surface area contributed by atoms with Crippen molar-refractivity contribution in [2.24, 2.45) is 40.2 Å². The third-order valence-corrected chi connectivity index (χ3v) is 10.5. The fraction of sp³-hybridized carbons (Fsp3) is 0.742. The van der Waals surface area contributed by atoms with Gasteiger partial charge in [0.25, 0.3) is 5.91 Å². The lowest BCUT2D eigenvalue weighted by Gasteiger charge is -2.37. The second-order valence-electron chi connectivity index (χ2n) is 14.4. The largest absolute Gasteiger partial charge is 0.464 e. The summed E-state index contributed by atoms with van der Waals surface area (Å²) in [6, 6.07) is -7.13. The van der Waals surface area contributed by atoms with Crippen LogP contribution < -0.4 is 21.7 Å². The molecular weight excluding hydrogens is 611 g/mol. The molecular formula is C31H42F3N5O7. The van der Waals surface area contributed by atoms with Crippen molar-refractivity contribution in [1.82, 2.24) is 20.9 Å². The van der Waals surface area contributed by atoms with Crippen LogP contribution in [0.3, 0.4) is 0 Å². The molecule has 0 aromatic carbocycles. The number of hydrogen-bond acceptors (Lipinski definition) is 7. The van der Waals surface area contributed by atoms with E-state index in [1.165, 1.54) is 6.92 Å². The predicted octanol–water partition coefficient (Wildman–Crippen LogP) is 1.72. The molecule has 0 aromatic rings. The molecule has 15 heteroatoms. The summed E-state index contributed by atoms with van der Waals surface area (Å²) in [5, 5.41) is 7.05. The number of primary amides is 1. The highest BCUT2D eigenvalue weighted by Crippen LogP contribution is 2.66. The van der Waals surface area contributed by atoms with Gasteiger partial charge in [0.2, 0.25) is 17.6 Å². The van der Waals surface area contributed by atoms with Gasteiger partial charge >= 0.3 is 18.2 Å². The number of alkyl halides is 3. The highest BCUT2D eigenvalue weighted by Gasteiger charge is 2.73. The molecule has 1 aliphatic heterocycles. The number of hydrogen-bond donors (Lipinski definition) is 4. The minimum absolute atomic E-state index is 0.0404. The Morgan fingerprint density at radius 3 is 2.11 bits per heavy atom. The van der Waals surface area contributed by atoms with Crippen molar-refractivity contribution in [2.45, 2.75) is 96.1 Å². The van der Waals surface area contributed by atoms with E-state index in [4.69, 9.17) is 10.5 Å². The average Bonchev–Trinajstić information content (AvgIpc) is 3.78. The monoisotopic (exact) mass is 653 g/mol. The van der Waals surface area contributed by atoms with Gasteiger partial charge in [0, 0.05) is 6.54 Å². The number of Topliss-reactive ketones (excluding diaryl/α,β-unsaturated/α-hetero) is 1. The first kappa shape index (κ1) is 33.7. The Morgan fingerprint density at radius 2 is 1.61 bits per heavy atom. The molecule has 0 spiro atoms. The van der Waals surface area contributed by atoms with Crippen molar-refractivity contribution in [3.8, 4) is 0 Å². The molecule has 4 aliphatic carbocycles. The number of ketones is 1. The van der Waals surface area contributed by atoms with Crippen LogP contribution in [0, 0.1) is 34.5 Å². The van der Waals surface area contributed by atoms with Crippen LogP contribution in [0.5, 0.6) is 0 Å². The van der Waals surface area contributed by atoms with Crippen LogP contribution in [0.15, 0.2) is 12.2 Å². The molecule has 6 atom stereocenters. The molecule has 0 aromatic heterocycles. The van der Waals surface area contributed by atoms with Gasteiger partial charge in [0.05, 0.1) is 18.1 Å². The minimum atomic E-state index is -4.87. The average molecular weight is 654 g/mol. The van der Waals surface area contributed by atoms with Gasteiger partial charge in [0.1, 0.15) is 18.1 Å². The maximum Gasteiger partial charge on any atom is 0.396 e. The van der Waals surface area contributed by atoms with Gasteiger partial charge in [-0.2, -0.15) is 13.2 Å². The number of urea groups is 1. The molecule has 5 aliphatic rings. The summed E-state index contributed by atoms with van der Waals surface area (Å²) < 4.78 is 48.7. The van der Waals surface area contributed by atoms with Crippen molar-refractivity contribution in [3.05, 3.63) is 12.2 Å². The number of esters is 1. The van der Waals surface area contributed by atoms with Crippen molar-refractivity contribution >= 4 is 35.5 Å². The van der Waals surface area contributed by atoms with Crippen molar-refractivity contribution < 1.29 is 46.7 Å². The van der Waals surface area contributed by atoms with Crippen LogP contribution in [-0.2, 0) is 28.7 Å². The zero-order valence-electron chi connectivity index (χ0n) is 26.2. The molecule has 1 heterocycles. The Kier molecular flexibility index (Phi) is 8.69. The molecule has 12 nitrogen and oxygen atoms in total.